The third-order valence-corrected chi connectivity index (χ3v) is 5.44. The van der Waals surface area contributed by atoms with Crippen LogP contribution in [0, 0.1) is 0 Å². The van der Waals surface area contributed by atoms with Crippen LogP contribution in [-0.2, 0) is 14.3 Å². The Hall–Kier alpha value is -3.52. The molecule has 2 heterocycles. The summed E-state index contributed by atoms with van der Waals surface area (Å²) in [5.41, 5.74) is 1.31. The standard InChI is InChI=1S/C23H23NO7/c1-29-20(27)12-17(14-2-4-15(25)5-3-14)21-18(26)7-6-16-22(28)19(31-23(16)21)13-24-8-10-30-11-9-24/h2-7,13,17,25-26H,8-12H2,1H3/b19-13-. The number of carbonyl (C=O) groups excluding carboxylic acids is 2. The second-order valence-electron chi connectivity index (χ2n) is 7.37. The summed E-state index contributed by atoms with van der Waals surface area (Å²) in [7, 11) is 1.29. The van der Waals surface area contributed by atoms with Crippen LogP contribution in [0.4, 0.5) is 0 Å². The highest BCUT2D eigenvalue weighted by Gasteiger charge is 2.35. The number of phenolic OH excluding ortho intramolecular Hbond substituents is 2. The van der Waals surface area contributed by atoms with Gasteiger partial charge in [0.05, 0.1) is 32.3 Å². The Morgan fingerprint density at radius 2 is 1.87 bits per heavy atom. The largest absolute Gasteiger partial charge is 0.508 e. The maximum Gasteiger partial charge on any atom is 0.306 e. The summed E-state index contributed by atoms with van der Waals surface area (Å²) in [6.07, 6.45) is 1.59. The van der Waals surface area contributed by atoms with Gasteiger partial charge in [-0.3, -0.25) is 9.59 Å². The molecule has 4 rings (SSSR count). The van der Waals surface area contributed by atoms with Gasteiger partial charge in [-0.05, 0) is 29.8 Å². The van der Waals surface area contributed by atoms with E-state index in [0.717, 1.165) is 0 Å². The van der Waals surface area contributed by atoms with E-state index < -0.39 is 11.9 Å². The van der Waals surface area contributed by atoms with Gasteiger partial charge in [-0.15, -0.1) is 0 Å². The Morgan fingerprint density at radius 1 is 1.16 bits per heavy atom. The zero-order chi connectivity index (χ0) is 22.0. The van der Waals surface area contributed by atoms with E-state index >= 15 is 0 Å². The van der Waals surface area contributed by atoms with Crippen molar-refractivity contribution in [1.29, 1.82) is 0 Å². The average Bonchev–Trinajstić information content (AvgIpc) is 3.09. The summed E-state index contributed by atoms with van der Waals surface area (Å²) in [5, 5.41) is 20.3. The molecule has 1 unspecified atom stereocenters. The number of ketones is 1. The number of benzene rings is 2. The maximum atomic E-state index is 13.0. The van der Waals surface area contributed by atoms with Crippen LogP contribution in [0.15, 0.2) is 48.4 Å². The number of carbonyl (C=O) groups is 2. The van der Waals surface area contributed by atoms with E-state index in [2.05, 4.69) is 0 Å². The summed E-state index contributed by atoms with van der Waals surface area (Å²) in [6.45, 7) is 2.43. The molecule has 0 aliphatic carbocycles. The minimum atomic E-state index is -0.640. The number of allylic oxidation sites excluding steroid dienone is 1. The van der Waals surface area contributed by atoms with Crippen LogP contribution >= 0.6 is 0 Å². The fraction of sp³-hybridized carbons (Fsp3) is 0.304. The normalized spacial score (nSPS) is 17.9. The van der Waals surface area contributed by atoms with Crippen molar-refractivity contribution in [3.05, 3.63) is 65.0 Å². The van der Waals surface area contributed by atoms with E-state index in [9.17, 15) is 19.8 Å². The molecule has 0 radical (unpaired) electrons. The van der Waals surface area contributed by atoms with Crippen molar-refractivity contribution in [2.45, 2.75) is 12.3 Å². The molecule has 0 amide bonds. The number of fused-ring (bicyclic) bond motifs is 1. The lowest BCUT2D eigenvalue weighted by atomic mass is 9.86. The van der Waals surface area contributed by atoms with E-state index in [4.69, 9.17) is 14.2 Å². The Labute approximate surface area is 179 Å². The molecule has 2 N–H and O–H groups in total. The van der Waals surface area contributed by atoms with Gasteiger partial charge in [0.1, 0.15) is 17.2 Å². The van der Waals surface area contributed by atoms with Crippen molar-refractivity contribution in [3.8, 4) is 17.2 Å². The molecule has 1 atom stereocenters. The monoisotopic (exact) mass is 425 g/mol. The molecule has 2 aromatic carbocycles. The molecular weight excluding hydrogens is 402 g/mol. The number of nitrogens with zero attached hydrogens (tertiary/aromatic N) is 1. The maximum absolute atomic E-state index is 13.0. The Morgan fingerprint density at radius 3 is 2.55 bits per heavy atom. The number of morpholine rings is 1. The Balaban J connectivity index is 1.76. The van der Waals surface area contributed by atoms with Crippen LogP contribution in [-0.4, -0.2) is 60.3 Å². The number of hydrogen-bond donors (Lipinski definition) is 2. The number of phenols is 2. The van der Waals surface area contributed by atoms with Crippen molar-refractivity contribution in [3.63, 3.8) is 0 Å². The number of aromatic hydroxyl groups is 2. The molecule has 8 nitrogen and oxygen atoms in total. The Kier molecular flexibility index (Phi) is 5.81. The van der Waals surface area contributed by atoms with Crippen molar-refractivity contribution >= 4 is 11.8 Å². The lowest BCUT2D eigenvalue weighted by molar-refractivity contribution is -0.140. The second-order valence-corrected chi connectivity index (χ2v) is 7.37. The highest BCUT2D eigenvalue weighted by molar-refractivity contribution is 6.12. The fourth-order valence-corrected chi connectivity index (χ4v) is 3.80. The first kappa shape index (κ1) is 20.7. The van der Waals surface area contributed by atoms with E-state index in [1.165, 1.54) is 31.4 Å². The molecule has 0 aromatic heterocycles. The lowest BCUT2D eigenvalue weighted by Gasteiger charge is -2.25. The predicted molar refractivity (Wildman–Crippen MR) is 110 cm³/mol. The van der Waals surface area contributed by atoms with E-state index in [1.807, 2.05) is 4.90 Å². The molecule has 2 aliphatic rings. The minimum Gasteiger partial charge on any atom is -0.508 e. The van der Waals surface area contributed by atoms with Gasteiger partial charge in [-0.1, -0.05) is 12.1 Å². The summed E-state index contributed by atoms with van der Waals surface area (Å²) >= 11 is 0. The van der Waals surface area contributed by atoms with Crippen LogP contribution in [0.25, 0.3) is 0 Å². The van der Waals surface area contributed by atoms with Crippen molar-refractivity contribution < 1.29 is 34.0 Å². The van der Waals surface area contributed by atoms with Crippen molar-refractivity contribution in [2.75, 3.05) is 33.4 Å². The summed E-state index contributed by atoms with van der Waals surface area (Å²) in [4.78, 5) is 27.1. The fourth-order valence-electron chi connectivity index (χ4n) is 3.80. The highest BCUT2D eigenvalue weighted by atomic mass is 16.5. The highest BCUT2D eigenvalue weighted by Crippen LogP contribution is 2.46. The van der Waals surface area contributed by atoms with Crippen LogP contribution in [0.1, 0.15) is 33.8 Å². The van der Waals surface area contributed by atoms with E-state index in [-0.39, 0.29) is 35.2 Å². The van der Waals surface area contributed by atoms with Crippen LogP contribution < -0.4 is 4.74 Å². The molecule has 1 fully saturated rings. The zero-order valence-corrected chi connectivity index (χ0v) is 17.0. The molecule has 0 saturated carbocycles. The molecule has 31 heavy (non-hydrogen) atoms. The summed E-state index contributed by atoms with van der Waals surface area (Å²) in [5.74, 6) is -1.04. The van der Waals surface area contributed by atoms with Crippen LogP contribution in [0.3, 0.4) is 0 Å². The summed E-state index contributed by atoms with van der Waals surface area (Å²) in [6, 6.07) is 9.25. The van der Waals surface area contributed by atoms with Gasteiger partial charge >= 0.3 is 5.97 Å². The van der Waals surface area contributed by atoms with Gasteiger partial charge in [0.2, 0.25) is 5.78 Å². The topological polar surface area (TPSA) is 106 Å². The third-order valence-electron chi connectivity index (χ3n) is 5.44. The van der Waals surface area contributed by atoms with E-state index in [1.54, 1.807) is 18.3 Å². The molecule has 0 spiro atoms. The number of hydrogen-bond acceptors (Lipinski definition) is 8. The first-order chi connectivity index (χ1) is 15.0. The molecular formula is C23H23NO7. The lowest BCUT2D eigenvalue weighted by Crippen LogP contribution is -2.32. The molecule has 0 bridgehead atoms. The minimum absolute atomic E-state index is 0.0743. The van der Waals surface area contributed by atoms with Crippen LogP contribution in [0.2, 0.25) is 0 Å². The van der Waals surface area contributed by atoms with Gasteiger partial charge in [-0.2, -0.15) is 0 Å². The number of ether oxygens (including phenoxy) is 3. The van der Waals surface area contributed by atoms with Gasteiger partial charge in [0, 0.05) is 30.8 Å². The quantitative estimate of drug-likeness (QED) is 0.556. The molecule has 1 saturated heterocycles. The zero-order valence-electron chi connectivity index (χ0n) is 17.0. The first-order valence-electron chi connectivity index (χ1n) is 9.95. The van der Waals surface area contributed by atoms with E-state index in [0.29, 0.717) is 43.0 Å². The molecule has 162 valence electrons. The van der Waals surface area contributed by atoms with Gasteiger partial charge < -0.3 is 29.3 Å². The summed E-state index contributed by atoms with van der Waals surface area (Å²) < 4.78 is 16.1. The molecule has 8 heteroatoms. The third kappa shape index (κ3) is 4.20. The van der Waals surface area contributed by atoms with Crippen molar-refractivity contribution in [2.24, 2.45) is 0 Å². The average molecular weight is 425 g/mol. The molecule has 2 aromatic rings. The predicted octanol–water partition coefficient (Wildman–Crippen LogP) is 2.54. The second kappa shape index (κ2) is 8.69. The smallest absolute Gasteiger partial charge is 0.306 e. The number of esters is 1. The number of methoxy groups -OCH3 is 1. The van der Waals surface area contributed by atoms with Gasteiger partial charge in [0.25, 0.3) is 0 Å². The molecule has 2 aliphatic heterocycles. The van der Waals surface area contributed by atoms with Crippen LogP contribution in [0.5, 0.6) is 17.2 Å². The number of rotatable bonds is 5. The first-order valence-corrected chi connectivity index (χ1v) is 9.95. The SMILES string of the molecule is COC(=O)CC(c1ccc(O)cc1)c1c(O)ccc2c1O/C(=C\N1CCOCC1)C2=O. The van der Waals surface area contributed by atoms with Gasteiger partial charge in [0.15, 0.2) is 5.76 Å². The Bertz CT molecular complexity index is 1020. The van der Waals surface area contributed by atoms with Crippen molar-refractivity contribution in [1.82, 2.24) is 4.90 Å². The number of Topliss-reactive ketones (excluding diaryl/α,β-unsaturated/α-hetero) is 1. The van der Waals surface area contributed by atoms with Gasteiger partial charge in [-0.25, -0.2) is 0 Å².